The molecule has 0 saturated heterocycles. The van der Waals surface area contributed by atoms with Crippen molar-refractivity contribution in [2.45, 2.75) is 52.9 Å². The van der Waals surface area contributed by atoms with E-state index in [9.17, 15) is 9.59 Å². The van der Waals surface area contributed by atoms with Crippen molar-refractivity contribution < 1.29 is 9.59 Å². The van der Waals surface area contributed by atoms with Crippen molar-refractivity contribution in [2.24, 2.45) is 5.92 Å². The average Bonchev–Trinajstić information content (AvgIpc) is 3.15. The first-order chi connectivity index (χ1) is 11.0. The molecule has 0 aromatic carbocycles. The van der Waals surface area contributed by atoms with E-state index in [1.165, 1.54) is 11.3 Å². The molecule has 0 aliphatic rings. The molecule has 0 fully saturated rings. The highest BCUT2D eigenvalue weighted by atomic mass is 32.1. The largest absolute Gasteiger partial charge is 0.300 e. The lowest BCUT2D eigenvalue weighted by atomic mass is 10.0. The second-order valence-electron chi connectivity index (χ2n) is 5.89. The SMILES string of the molecule is CCC(=O)CCCC(=O)c1nc(-c2nccs2)sc1CC(C)C. The molecule has 23 heavy (non-hydrogen) atoms. The van der Waals surface area contributed by atoms with Crippen LogP contribution in [0.25, 0.3) is 10.0 Å². The molecule has 0 saturated carbocycles. The van der Waals surface area contributed by atoms with Crippen LogP contribution in [0.15, 0.2) is 11.6 Å². The van der Waals surface area contributed by atoms with Gasteiger partial charge in [0.15, 0.2) is 15.8 Å². The topological polar surface area (TPSA) is 59.9 Å². The molecule has 0 amide bonds. The Bertz CT molecular complexity index is 660. The highest BCUT2D eigenvalue weighted by molar-refractivity contribution is 7.20. The number of hydrogen-bond donors (Lipinski definition) is 0. The fourth-order valence-corrected chi connectivity index (χ4v) is 4.21. The minimum Gasteiger partial charge on any atom is -0.300 e. The van der Waals surface area contributed by atoms with Crippen LogP contribution in [0.1, 0.15) is 61.8 Å². The van der Waals surface area contributed by atoms with Crippen LogP contribution in [0.2, 0.25) is 0 Å². The molecule has 0 bridgehead atoms. The molecule has 0 atom stereocenters. The molecule has 0 unspecified atom stereocenters. The lowest BCUT2D eigenvalue weighted by Crippen LogP contribution is -2.06. The Balaban J connectivity index is 2.14. The lowest BCUT2D eigenvalue weighted by Gasteiger charge is -2.04. The molecule has 0 aliphatic heterocycles. The van der Waals surface area contributed by atoms with Gasteiger partial charge in [-0.25, -0.2) is 9.97 Å². The number of thiazole rings is 2. The van der Waals surface area contributed by atoms with Gasteiger partial charge in [0, 0.05) is 35.7 Å². The van der Waals surface area contributed by atoms with E-state index in [0.717, 1.165) is 21.3 Å². The van der Waals surface area contributed by atoms with Gasteiger partial charge in [-0.1, -0.05) is 20.8 Å². The zero-order chi connectivity index (χ0) is 16.8. The molecule has 2 aromatic heterocycles. The first-order valence-corrected chi connectivity index (χ1v) is 9.65. The Labute approximate surface area is 145 Å². The van der Waals surface area contributed by atoms with Gasteiger partial charge >= 0.3 is 0 Å². The summed E-state index contributed by atoms with van der Waals surface area (Å²) in [4.78, 5) is 33.8. The van der Waals surface area contributed by atoms with Crippen molar-refractivity contribution >= 4 is 34.2 Å². The number of hydrogen-bond acceptors (Lipinski definition) is 6. The number of carbonyl (C=O) groups excluding carboxylic acids is 2. The number of ketones is 2. The molecule has 0 N–H and O–H groups in total. The van der Waals surface area contributed by atoms with Crippen molar-refractivity contribution in [1.82, 2.24) is 9.97 Å². The van der Waals surface area contributed by atoms with Crippen molar-refractivity contribution in [3.8, 4) is 10.0 Å². The van der Waals surface area contributed by atoms with Gasteiger partial charge in [0.05, 0.1) is 0 Å². The number of aromatic nitrogens is 2. The van der Waals surface area contributed by atoms with Gasteiger partial charge in [-0.2, -0.15) is 0 Å². The van der Waals surface area contributed by atoms with Crippen LogP contribution in [-0.2, 0) is 11.2 Å². The van der Waals surface area contributed by atoms with E-state index in [2.05, 4.69) is 23.8 Å². The van der Waals surface area contributed by atoms with E-state index in [1.807, 2.05) is 12.3 Å². The minimum atomic E-state index is 0.0450. The molecule has 124 valence electrons. The lowest BCUT2D eigenvalue weighted by molar-refractivity contribution is -0.118. The van der Waals surface area contributed by atoms with Crippen LogP contribution in [0, 0.1) is 5.92 Å². The standard InChI is InChI=1S/C17H22N2O2S2/c1-4-12(20)6-5-7-13(21)15-14(10-11(2)3)23-17(19-15)16-18-8-9-22-16/h8-9,11H,4-7,10H2,1-3H3. The zero-order valence-corrected chi connectivity index (χ0v) is 15.4. The molecule has 2 rings (SSSR count). The summed E-state index contributed by atoms with van der Waals surface area (Å²) >= 11 is 3.10. The summed E-state index contributed by atoms with van der Waals surface area (Å²) in [6, 6.07) is 0. The maximum atomic E-state index is 12.5. The van der Waals surface area contributed by atoms with E-state index < -0.39 is 0 Å². The van der Waals surface area contributed by atoms with Crippen LogP contribution in [0.5, 0.6) is 0 Å². The Hall–Kier alpha value is -1.40. The number of Topliss-reactive ketones (excluding diaryl/α,β-unsaturated/α-hetero) is 2. The Morgan fingerprint density at radius 2 is 2.00 bits per heavy atom. The van der Waals surface area contributed by atoms with Gasteiger partial charge in [0.2, 0.25) is 0 Å². The van der Waals surface area contributed by atoms with E-state index in [0.29, 0.717) is 37.3 Å². The average molecular weight is 351 g/mol. The molecule has 0 spiro atoms. The number of rotatable bonds is 9. The second-order valence-corrected chi connectivity index (χ2v) is 7.87. The summed E-state index contributed by atoms with van der Waals surface area (Å²) < 4.78 is 0. The van der Waals surface area contributed by atoms with Gasteiger partial charge < -0.3 is 0 Å². The van der Waals surface area contributed by atoms with Gasteiger partial charge in [0.25, 0.3) is 0 Å². The fourth-order valence-electron chi connectivity index (χ4n) is 2.24. The van der Waals surface area contributed by atoms with Crippen molar-refractivity contribution in [2.75, 3.05) is 0 Å². The Morgan fingerprint density at radius 3 is 2.61 bits per heavy atom. The summed E-state index contributed by atoms with van der Waals surface area (Å²) in [6.45, 7) is 6.12. The maximum absolute atomic E-state index is 12.5. The third-order valence-electron chi connectivity index (χ3n) is 3.42. The van der Waals surface area contributed by atoms with Crippen molar-refractivity contribution in [1.29, 1.82) is 0 Å². The predicted molar refractivity (Wildman–Crippen MR) is 95.2 cm³/mol. The first-order valence-electron chi connectivity index (χ1n) is 7.95. The third-order valence-corrected chi connectivity index (χ3v) is 5.42. The predicted octanol–water partition coefficient (Wildman–Crippen LogP) is 4.80. The molecule has 6 heteroatoms. The fraction of sp³-hybridized carbons (Fsp3) is 0.529. The van der Waals surface area contributed by atoms with Crippen LogP contribution in [0.4, 0.5) is 0 Å². The summed E-state index contributed by atoms with van der Waals surface area (Å²) in [5.74, 6) is 0.721. The van der Waals surface area contributed by atoms with Crippen LogP contribution in [-0.4, -0.2) is 21.5 Å². The second kappa shape index (κ2) is 8.45. The van der Waals surface area contributed by atoms with E-state index >= 15 is 0 Å². The van der Waals surface area contributed by atoms with Crippen LogP contribution >= 0.6 is 22.7 Å². The third kappa shape index (κ3) is 5.04. The highest BCUT2D eigenvalue weighted by Crippen LogP contribution is 2.31. The van der Waals surface area contributed by atoms with E-state index in [-0.39, 0.29) is 11.6 Å². The molecule has 0 radical (unpaired) electrons. The van der Waals surface area contributed by atoms with Gasteiger partial charge in [-0.3, -0.25) is 9.59 Å². The normalized spacial score (nSPS) is 11.1. The van der Waals surface area contributed by atoms with Crippen LogP contribution < -0.4 is 0 Å². The van der Waals surface area contributed by atoms with Crippen molar-refractivity contribution in [3.63, 3.8) is 0 Å². The van der Waals surface area contributed by atoms with E-state index in [1.54, 1.807) is 17.5 Å². The van der Waals surface area contributed by atoms with Crippen LogP contribution in [0.3, 0.4) is 0 Å². The van der Waals surface area contributed by atoms with E-state index in [4.69, 9.17) is 0 Å². The summed E-state index contributed by atoms with van der Waals surface area (Å²) in [5.41, 5.74) is 0.581. The number of nitrogens with zero attached hydrogens (tertiary/aromatic N) is 2. The van der Waals surface area contributed by atoms with Gasteiger partial charge in [0.1, 0.15) is 11.5 Å². The van der Waals surface area contributed by atoms with Crippen molar-refractivity contribution in [3.05, 3.63) is 22.1 Å². The Kier molecular flexibility index (Phi) is 6.59. The molecular formula is C17H22N2O2S2. The minimum absolute atomic E-state index is 0.0450. The smallest absolute Gasteiger partial charge is 0.182 e. The number of carbonyl (C=O) groups is 2. The highest BCUT2D eigenvalue weighted by Gasteiger charge is 2.20. The summed E-state index contributed by atoms with van der Waals surface area (Å²) in [6.07, 6.45) is 4.61. The summed E-state index contributed by atoms with van der Waals surface area (Å²) in [5, 5.41) is 3.60. The monoisotopic (exact) mass is 350 g/mol. The maximum Gasteiger partial charge on any atom is 0.182 e. The molecule has 2 heterocycles. The molecular weight excluding hydrogens is 328 g/mol. The quantitative estimate of drug-likeness (QED) is 0.610. The van der Waals surface area contributed by atoms with Gasteiger partial charge in [-0.15, -0.1) is 22.7 Å². The summed E-state index contributed by atoms with van der Waals surface area (Å²) in [7, 11) is 0. The first kappa shape index (κ1) is 17.9. The van der Waals surface area contributed by atoms with Gasteiger partial charge in [-0.05, 0) is 18.8 Å². The molecule has 4 nitrogen and oxygen atoms in total. The molecule has 0 aliphatic carbocycles. The molecule has 2 aromatic rings. The Morgan fingerprint density at radius 1 is 1.22 bits per heavy atom. The zero-order valence-electron chi connectivity index (χ0n) is 13.8.